The van der Waals surface area contributed by atoms with E-state index in [-0.39, 0.29) is 23.7 Å². The monoisotopic (exact) mass is 446 g/mol. The van der Waals surface area contributed by atoms with Gasteiger partial charge in [-0.2, -0.15) is 18.3 Å². The van der Waals surface area contributed by atoms with Gasteiger partial charge in [0.25, 0.3) is 5.91 Å². The lowest BCUT2D eigenvalue weighted by molar-refractivity contribution is -0.137. The average molecular weight is 446 g/mol. The fourth-order valence-corrected chi connectivity index (χ4v) is 3.33. The standard InChI is InChI=1S/C23H25F3N4O2/c1-5-32-18-9-6-16(7-10-18)15(4)29-22(31)19-13-28-30(21(19)14(2)3)20-11-8-17(12-27-20)23(24,25)26/h6-15H,5H2,1-4H3,(H,29,31). The lowest BCUT2D eigenvalue weighted by atomic mass is 10.0. The topological polar surface area (TPSA) is 69.0 Å². The van der Waals surface area contributed by atoms with E-state index in [9.17, 15) is 18.0 Å². The number of nitrogens with one attached hydrogen (secondary N) is 1. The molecule has 1 unspecified atom stereocenters. The summed E-state index contributed by atoms with van der Waals surface area (Å²) in [5.74, 6) is 0.513. The molecular formula is C23H25F3N4O2. The third-order valence-corrected chi connectivity index (χ3v) is 4.93. The first-order valence-corrected chi connectivity index (χ1v) is 10.3. The van der Waals surface area contributed by atoms with Gasteiger partial charge in [-0.25, -0.2) is 9.67 Å². The Labute approximate surface area is 184 Å². The molecule has 0 bridgehead atoms. The molecule has 2 aromatic heterocycles. The number of carbonyl (C=O) groups is 1. The van der Waals surface area contributed by atoms with Gasteiger partial charge in [0.15, 0.2) is 5.82 Å². The number of pyridine rings is 1. The summed E-state index contributed by atoms with van der Waals surface area (Å²) in [4.78, 5) is 16.9. The Kier molecular flexibility index (Phi) is 6.86. The third kappa shape index (κ3) is 5.09. The number of alkyl halides is 3. The number of rotatable bonds is 7. The van der Waals surface area contributed by atoms with Gasteiger partial charge in [0, 0.05) is 6.20 Å². The van der Waals surface area contributed by atoms with Crippen molar-refractivity contribution in [3.05, 3.63) is 71.2 Å². The maximum Gasteiger partial charge on any atom is 0.417 e. The molecule has 3 rings (SSSR count). The number of nitrogens with zero attached hydrogens (tertiary/aromatic N) is 3. The number of ether oxygens (including phenoxy) is 1. The summed E-state index contributed by atoms with van der Waals surface area (Å²) in [6.07, 6.45) is -2.30. The summed E-state index contributed by atoms with van der Waals surface area (Å²) in [5.41, 5.74) is 0.972. The second-order valence-corrected chi connectivity index (χ2v) is 7.61. The number of aromatic nitrogens is 3. The molecule has 1 N–H and O–H groups in total. The third-order valence-electron chi connectivity index (χ3n) is 4.93. The zero-order valence-corrected chi connectivity index (χ0v) is 18.3. The molecule has 0 saturated carbocycles. The number of carbonyl (C=O) groups excluding carboxylic acids is 1. The number of halogens is 3. The average Bonchev–Trinajstić information content (AvgIpc) is 3.19. The molecule has 6 nitrogen and oxygen atoms in total. The molecule has 0 saturated heterocycles. The molecule has 0 spiro atoms. The van der Waals surface area contributed by atoms with Crippen LogP contribution < -0.4 is 10.1 Å². The number of benzene rings is 1. The van der Waals surface area contributed by atoms with Crippen molar-refractivity contribution in [1.82, 2.24) is 20.1 Å². The van der Waals surface area contributed by atoms with Crippen LogP contribution in [0.1, 0.15) is 66.8 Å². The van der Waals surface area contributed by atoms with Crippen LogP contribution in [0.4, 0.5) is 13.2 Å². The Morgan fingerprint density at radius 3 is 2.31 bits per heavy atom. The summed E-state index contributed by atoms with van der Waals surface area (Å²) >= 11 is 0. The predicted molar refractivity (Wildman–Crippen MR) is 114 cm³/mol. The molecule has 2 heterocycles. The molecule has 1 amide bonds. The van der Waals surface area contributed by atoms with E-state index in [0.29, 0.717) is 17.9 Å². The molecule has 0 fully saturated rings. The Balaban J connectivity index is 1.83. The van der Waals surface area contributed by atoms with E-state index < -0.39 is 11.7 Å². The van der Waals surface area contributed by atoms with E-state index in [1.54, 1.807) is 0 Å². The van der Waals surface area contributed by atoms with Gasteiger partial charge in [-0.15, -0.1) is 0 Å². The van der Waals surface area contributed by atoms with Crippen LogP contribution in [0.3, 0.4) is 0 Å². The zero-order chi connectivity index (χ0) is 23.5. The summed E-state index contributed by atoms with van der Waals surface area (Å²) in [5, 5.41) is 7.18. The molecule has 0 aliphatic rings. The van der Waals surface area contributed by atoms with Gasteiger partial charge >= 0.3 is 6.18 Å². The molecule has 9 heteroatoms. The zero-order valence-electron chi connectivity index (χ0n) is 18.3. The Bertz CT molecular complexity index is 1060. The lowest BCUT2D eigenvalue weighted by Crippen LogP contribution is -2.27. The van der Waals surface area contributed by atoms with Crippen LogP contribution in [-0.2, 0) is 6.18 Å². The van der Waals surface area contributed by atoms with Crippen molar-refractivity contribution in [2.45, 2.75) is 45.8 Å². The Hall–Kier alpha value is -3.36. The van der Waals surface area contributed by atoms with E-state index in [1.807, 2.05) is 52.0 Å². The van der Waals surface area contributed by atoms with Gasteiger partial charge in [0.05, 0.1) is 35.7 Å². The normalized spacial score (nSPS) is 12.6. The summed E-state index contributed by atoms with van der Waals surface area (Å²) in [6.45, 7) is 8.10. The maximum absolute atomic E-state index is 13.0. The molecule has 1 atom stereocenters. The minimum Gasteiger partial charge on any atom is -0.494 e. The van der Waals surface area contributed by atoms with Crippen LogP contribution in [0.2, 0.25) is 0 Å². The van der Waals surface area contributed by atoms with Crippen molar-refractivity contribution in [3.8, 4) is 11.6 Å². The molecule has 0 aliphatic carbocycles. The highest BCUT2D eigenvalue weighted by molar-refractivity contribution is 5.95. The smallest absolute Gasteiger partial charge is 0.417 e. The van der Waals surface area contributed by atoms with E-state index >= 15 is 0 Å². The Morgan fingerprint density at radius 1 is 1.09 bits per heavy atom. The van der Waals surface area contributed by atoms with Crippen molar-refractivity contribution < 1.29 is 22.7 Å². The van der Waals surface area contributed by atoms with Crippen molar-refractivity contribution in [1.29, 1.82) is 0 Å². The molecular weight excluding hydrogens is 421 g/mol. The largest absolute Gasteiger partial charge is 0.494 e. The highest BCUT2D eigenvalue weighted by Gasteiger charge is 2.31. The van der Waals surface area contributed by atoms with Crippen LogP contribution in [0, 0.1) is 0 Å². The van der Waals surface area contributed by atoms with Gasteiger partial charge in [-0.1, -0.05) is 26.0 Å². The lowest BCUT2D eigenvalue weighted by Gasteiger charge is -2.17. The van der Waals surface area contributed by atoms with Crippen LogP contribution in [-0.4, -0.2) is 27.3 Å². The molecule has 32 heavy (non-hydrogen) atoms. The summed E-state index contributed by atoms with van der Waals surface area (Å²) in [6, 6.07) is 9.37. The second kappa shape index (κ2) is 9.42. The van der Waals surface area contributed by atoms with Crippen molar-refractivity contribution in [3.63, 3.8) is 0 Å². The van der Waals surface area contributed by atoms with Crippen molar-refractivity contribution in [2.24, 2.45) is 0 Å². The van der Waals surface area contributed by atoms with E-state index in [0.717, 1.165) is 23.6 Å². The van der Waals surface area contributed by atoms with Gasteiger partial charge in [0.2, 0.25) is 0 Å². The summed E-state index contributed by atoms with van der Waals surface area (Å²) < 4.78 is 45.4. The maximum atomic E-state index is 13.0. The number of amides is 1. The predicted octanol–water partition coefficient (Wildman–Crippen LogP) is 5.30. The van der Waals surface area contributed by atoms with E-state index in [4.69, 9.17) is 4.74 Å². The van der Waals surface area contributed by atoms with Crippen LogP contribution in [0.25, 0.3) is 5.82 Å². The molecule has 170 valence electrons. The number of hydrogen-bond acceptors (Lipinski definition) is 4. The molecule has 0 aliphatic heterocycles. The fraction of sp³-hybridized carbons (Fsp3) is 0.348. The minimum atomic E-state index is -4.47. The van der Waals surface area contributed by atoms with Crippen LogP contribution >= 0.6 is 0 Å². The van der Waals surface area contributed by atoms with Gasteiger partial charge in [-0.3, -0.25) is 4.79 Å². The first-order valence-electron chi connectivity index (χ1n) is 10.3. The van der Waals surface area contributed by atoms with Crippen LogP contribution in [0.15, 0.2) is 48.8 Å². The van der Waals surface area contributed by atoms with E-state index in [2.05, 4.69) is 15.4 Å². The minimum absolute atomic E-state index is 0.122. The fourth-order valence-electron chi connectivity index (χ4n) is 3.33. The van der Waals surface area contributed by atoms with E-state index in [1.165, 1.54) is 16.9 Å². The van der Waals surface area contributed by atoms with Gasteiger partial charge in [0.1, 0.15) is 5.75 Å². The SMILES string of the molecule is CCOc1ccc(C(C)NC(=O)c2cnn(-c3ccc(C(F)(F)F)cn3)c2C(C)C)cc1. The molecule has 3 aromatic rings. The highest BCUT2D eigenvalue weighted by Crippen LogP contribution is 2.29. The van der Waals surface area contributed by atoms with Gasteiger partial charge < -0.3 is 10.1 Å². The Morgan fingerprint density at radius 2 is 1.78 bits per heavy atom. The summed E-state index contributed by atoms with van der Waals surface area (Å²) in [7, 11) is 0. The quantitative estimate of drug-likeness (QED) is 0.535. The van der Waals surface area contributed by atoms with Gasteiger partial charge in [-0.05, 0) is 49.6 Å². The number of hydrogen-bond donors (Lipinski definition) is 1. The van der Waals surface area contributed by atoms with Crippen molar-refractivity contribution in [2.75, 3.05) is 6.61 Å². The highest BCUT2D eigenvalue weighted by atomic mass is 19.4. The molecule has 0 radical (unpaired) electrons. The second-order valence-electron chi connectivity index (χ2n) is 7.61. The first kappa shape index (κ1) is 23.3. The van der Waals surface area contributed by atoms with Crippen molar-refractivity contribution >= 4 is 5.91 Å². The first-order chi connectivity index (χ1) is 15.1. The molecule has 1 aromatic carbocycles. The van der Waals surface area contributed by atoms with Crippen LogP contribution in [0.5, 0.6) is 5.75 Å².